The van der Waals surface area contributed by atoms with Crippen molar-refractivity contribution in [1.82, 2.24) is 30.1 Å². The Morgan fingerprint density at radius 3 is 2.34 bits per heavy atom. The molecule has 5 aromatic rings. The molecule has 1 N–H and O–H groups in total. The molecule has 3 heterocycles. The van der Waals surface area contributed by atoms with Crippen LogP contribution in [0, 0.1) is 6.92 Å². The molecule has 0 saturated carbocycles. The number of ether oxygens (including phenoxy) is 2. The number of hydrogen-bond donors (Lipinski definition) is 1. The molecule has 0 bridgehead atoms. The summed E-state index contributed by atoms with van der Waals surface area (Å²) in [6.45, 7) is 3.83. The number of fused-ring (bicyclic) bond motifs is 3. The quantitative estimate of drug-likeness (QED) is 0.341. The summed E-state index contributed by atoms with van der Waals surface area (Å²) < 4.78 is 12.1. The van der Waals surface area contributed by atoms with Gasteiger partial charge in [0, 0.05) is 31.5 Å². The Morgan fingerprint density at radius 1 is 0.829 bits per heavy atom. The summed E-state index contributed by atoms with van der Waals surface area (Å²) in [5.74, 6) is 1.27. The summed E-state index contributed by atoms with van der Waals surface area (Å²) in [5.41, 5.74) is 3.91. The number of rotatable bonds is 8. The Kier molecular flexibility index (Phi) is 8.32. The van der Waals surface area contributed by atoms with Gasteiger partial charge in [0.1, 0.15) is 6.61 Å². The van der Waals surface area contributed by atoms with Crippen LogP contribution >= 0.6 is 0 Å². The minimum absolute atomic E-state index is 0.335. The number of nitrogens with one attached hydrogen (secondary N) is 1. The van der Waals surface area contributed by atoms with Gasteiger partial charge in [-0.1, -0.05) is 54.6 Å². The summed E-state index contributed by atoms with van der Waals surface area (Å²) in [5, 5.41) is 18.3. The number of pyridine rings is 1. The smallest absolute Gasteiger partial charge is 0.240 e. The number of aryl methyl sites for hydroxylation is 1. The Hall–Kier alpha value is -3.88. The van der Waals surface area contributed by atoms with Crippen molar-refractivity contribution in [3.8, 4) is 5.88 Å². The predicted octanol–water partition coefficient (Wildman–Crippen LogP) is 4.15. The normalized spacial score (nSPS) is 10.8. The molecule has 0 spiro atoms. The summed E-state index contributed by atoms with van der Waals surface area (Å²) in [6.07, 6.45) is 0.993. The maximum atomic E-state index is 6.11. The molecule has 180 valence electrons. The Morgan fingerprint density at radius 2 is 1.54 bits per heavy atom. The fourth-order valence-corrected chi connectivity index (χ4v) is 3.71. The fourth-order valence-electron chi connectivity index (χ4n) is 3.71. The minimum atomic E-state index is 0.335. The van der Waals surface area contributed by atoms with Crippen LogP contribution in [-0.4, -0.2) is 45.6 Å². The van der Waals surface area contributed by atoms with Gasteiger partial charge in [-0.05, 0) is 43.7 Å². The second-order valence-corrected chi connectivity index (χ2v) is 8.06. The lowest BCUT2D eigenvalue weighted by molar-refractivity contribution is 0.277. The van der Waals surface area contributed by atoms with E-state index >= 15 is 0 Å². The van der Waals surface area contributed by atoms with E-state index < -0.39 is 0 Å². The first kappa shape index (κ1) is 24.3. The van der Waals surface area contributed by atoms with Crippen LogP contribution in [0.1, 0.15) is 22.8 Å². The summed E-state index contributed by atoms with van der Waals surface area (Å²) >= 11 is 0. The van der Waals surface area contributed by atoms with E-state index in [9.17, 15) is 0 Å². The van der Waals surface area contributed by atoms with Crippen LogP contribution in [0.3, 0.4) is 0 Å². The van der Waals surface area contributed by atoms with Crippen molar-refractivity contribution in [3.63, 3.8) is 0 Å². The first-order valence-electron chi connectivity index (χ1n) is 11.5. The van der Waals surface area contributed by atoms with Crippen molar-refractivity contribution in [2.24, 2.45) is 0 Å². The van der Waals surface area contributed by atoms with Crippen LogP contribution in [0.25, 0.3) is 16.4 Å². The summed E-state index contributed by atoms with van der Waals surface area (Å²) in [4.78, 5) is 4.74. The van der Waals surface area contributed by atoms with E-state index in [2.05, 4.69) is 49.6 Å². The molecule has 8 heteroatoms. The number of methoxy groups -OCH3 is 1. The van der Waals surface area contributed by atoms with Crippen molar-refractivity contribution in [1.29, 1.82) is 0 Å². The lowest BCUT2D eigenvalue weighted by Gasteiger charge is -2.10. The van der Waals surface area contributed by atoms with Gasteiger partial charge in [-0.3, -0.25) is 4.98 Å². The summed E-state index contributed by atoms with van der Waals surface area (Å²) in [6, 6.07) is 24.4. The van der Waals surface area contributed by atoms with Crippen molar-refractivity contribution >= 4 is 16.4 Å². The van der Waals surface area contributed by atoms with Gasteiger partial charge in [0.05, 0.1) is 11.4 Å². The molecule has 0 saturated heterocycles. The highest BCUT2D eigenvalue weighted by Gasteiger charge is 2.13. The molecule has 3 aromatic heterocycles. The third kappa shape index (κ3) is 6.17. The van der Waals surface area contributed by atoms with Crippen LogP contribution in [0.2, 0.25) is 0 Å². The molecule has 2 aromatic carbocycles. The van der Waals surface area contributed by atoms with Crippen LogP contribution in [0.15, 0.2) is 72.8 Å². The number of hydrogen-bond acceptors (Lipinski definition) is 7. The molecule has 0 fully saturated rings. The van der Waals surface area contributed by atoms with Gasteiger partial charge in [-0.25, -0.2) is 0 Å². The maximum absolute atomic E-state index is 6.11. The largest absolute Gasteiger partial charge is 0.470 e. The van der Waals surface area contributed by atoms with Gasteiger partial charge < -0.3 is 14.8 Å². The van der Waals surface area contributed by atoms with E-state index in [4.69, 9.17) is 9.72 Å². The summed E-state index contributed by atoms with van der Waals surface area (Å²) in [7, 11) is 3.25. The Bertz CT molecular complexity index is 1370. The minimum Gasteiger partial charge on any atom is -0.470 e. The lowest BCUT2D eigenvalue weighted by atomic mass is 10.1. The Labute approximate surface area is 204 Å². The Balaban J connectivity index is 0.000000917. The van der Waals surface area contributed by atoms with Gasteiger partial charge in [-0.15, -0.1) is 15.3 Å². The van der Waals surface area contributed by atoms with Crippen molar-refractivity contribution in [3.05, 3.63) is 95.6 Å². The zero-order valence-electron chi connectivity index (χ0n) is 20.3. The first-order valence-corrected chi connectivity index (χ1v) is 11.5. The maximum Gasteiger partial charge on any atom is 0.240 e. The van der Waals surface area contributed by atoms with Gasteiger partial charge in [0.15, 0.2) is 11.5 Å². The molecular weight excluding hydrogens is 440 g/mol. The van der Waals surface area contributed by atoms with Gasteiger partial charge in [0.25, 0.3) is 0 Å². The van der Waals surface area contributed by atoms with Crippen molar-refractivity contribution in [2.45, 2.75) is 26.5 Å². The molecule has 5 rings (SSSR count). The van der Waals surface area contributed by atoms with E-state index in [0.29, 0.717) is 19.0 Å². The molecule has 0 aliphatic rings. The molecule has 0 radical (unpaired) electrons. The van der Waals surface area contributed by atoms with E-state index in [1.807, 2.05) is 55.5 Å². The molecule has 0 unspecified atom stereocenters. The highest BCUT2D eigenvalue weighted by molar-refractivity contribution is 5.96. The van der Waals surface area contributed by atoms with Crippen molar-refractivity contribution in [2.75, 3.05) is 20.8 Å². The average molecular weight is 471 g/mol. The number of aromatic nitrogens is 5. The zero-order valence-corrected chi connectivity index (χ0v) is 20.3. The van der Waals surface area contributed by atoms with Crippen LogP contribution < -0.4 is 10.1 Å². The zero-order chi connectivity index (χ0) is 24.5. The number of benzene rings is 2. The molecule has 0 atom stereocenters. The van der Waals surface area contributed by atoms with Gasteiger partial charge in [0.2, 0.25) is 5.88 Å². The highest BCUT2D eigenvalue weighted by Crippen LogP contribution is 2.26. The molecule has 8 nitrogen and oxygen atoms in total. The first-order chi connectivity index (χ1) is 17.2. The van der Waals surface area contributed by atoms with Crippen LogP contribution in [0.5, 0.6) is 5.88 Å². The van der Waals surface area contributed by atoms with E-state index in [1.165, 1.54) is 5.56 Å². The molecule has 0 amide bonds. The van der Waals surface area contributed by atoms with E-state index in [1.54, 1.807) is 18.7 Å². The van der Waals surface area contributed by atoms with Crippen LogP contribution in [-0.2, 0) is 24.3 Å². The topological polar surface area (TPSA) is 86.5 Å². The van der Waals surface area contributed by atoms with Crippen molar-refractivity contribution < 1.29 is 9.47 Å². The average Bonchev–Trinajstić information content (AvgIpc) is 3.27. The molecule has 0 aliphatic heterocycles. The third-order valence-corrected chi connectivity index (χ3v) is 5.35. The fraction of sp³-hybridized carbons (Fsp3) is 0.259. The molecular formula is C27H30N6O2. The van der Waals surface area contributed by atoms with Crippen LogP contribution in [0.4, 0.5) is 0 Å². The van der Waals surface area contributed by atoms with Gasteiger partial charge in [-0.2, -0.15) is 4.52 Å². The second kappa shape index (κ2) is 12.0. The van der Waals surface area contributed by atoms with E-state index in [0.717, 1.165) is 46.6 Å². The second-order valence-electron chi connectivity index (χ2n) is 8.06. The predicted molar refractivity (Wildman–Crippen MR) is 136 cm³/mol. The standard InChI is InChI=1S/C25H24N6O.C2H6O/c1-18-28-29-24-22-12-5-6-13-23(22)25(30-31(18)24)32-17-21-11-7-10-20(27-21)16-26-15-14-19-8-3-2-4-9-19;1-3-2/h2-13,26H,14-17H2,1H3;1-2H3. The molecule has 0 aliphatic carbocycles. The lowest BCUT2D eigenvalue weighted by Crippen LogP contribution is -2.18. The SMILES string of the molecule is COC.Cc1nnc2c3ccccc3c(OCc3cccc(CNCCc4ccccc4)n3)nn12. The van der Waals surface area contributed by atoms with E-state index in [-0.39, 0.29) is 0 Å². The third-order valence-electron chi connectivity index (χ3n) is 5.35. The highest BCUT2D eigenvalue weighted by atomic mass is 16.5. The molecule has 35 heavy (non-hydrogen) atoms. The number of nitrogens with zero attached hydrogens (tertiary/aromatic N) is 5. The van der Waals surface area contributed by atoms with Gasteiger partial charge >= 0.3 is 0 Å². The monoisotopic (exact) mass is 470 g/mol.